The number of guanidine groups is 1. The van der Waals surface area contributed by atoms with Crippen molar-refractivity contribution in [3.63, 3.8) is 0 Å². The molecule has 1 atom stereocenters. The lowest BCUT2D eigenvalue weighted by atomic mass is 9.90. The van der Waals surface area contributed by atoms with Crippen LogP contribution in [0.15, 0.2) is 41.7 Å². The van der Waals surface area contributed by atoms with Crippen molar-refractivity contribution >= 4 is 5.96 Å². The van der Waals surface area contributed by atoms with Gasteiger partial charge in [0.1, 0.15) is 17.2 Å². The molecule has 0 saturated carbocycles. The number of nitrogens with zero attached hydrogens (tertiary/aromatic N) is 3. The maximum atomic E-state index is 12.9. The number of benzene rings is 1. The van der Waals surface area contributed by atoms with Gasteiger partial charge in [-0.1, -0.05) is 18.2 Å². The maximum absolute atomic E-state index is 12.9. The molecule has 140 valence electrons. The first kappa shape index (κ1) is 18.2. The number of aromatic nitrogens is 2. The molecule has 2 aromatic rings. The Morgan fingerprint density at radius 2 is 2.19 bits per heavy atom. The first-order chi connectivity index (χ1) is 12.4. The van der Waals surface area contributed by atoms with Gasteiger partial charge in [-0.05, 0) is 19.9 Å². The summed E-state index contributed by atoms with van der Waals surface area (Å²) in [6.45, 7) is 1.60. The Hall–Kier alpha value is -2.64. The minimum atomic E-state index is -2.62. The van der Waals surface area contributed by atoms with E-state index in [9.17, 15) is 8.78 Å². The standard InChI is InChI=1S/C18H23F2N5O/c1-18(2)10-13(12-6-4-5-7-14(12)26-18)24-17(21-3)23-11-15-22-8-9-25(15)16(19)20/h4-9,13,16H,10-11H2,1-3H3,(H2,21,23,24). The Balaban J connectivity index is 1.71. The van der Waals surface area contributed by atoms with Gasteiger partial charge in [0.15, 0.2) is 5.96 Å². The van der Waals surface area contributed by atoms with Crippen LogP contribution in [0.3, 0.4) is 0 Å². The average Bonchev–Trinajstić information content (AvgIpc) is 3.06. The van der Waals surface area contributed by atoms with Gasteiger partial charge in [-0.15, -0.1) is 0 Å². The summed E-state index contributed by atoms with van der Waals surface area (Å²) in [5.74, 6) is 1.60. The van der Waals surface area contributed by atoms with Crippen LogP contribution in [-0.4, -0.2) is 28.2 Å². The molecule has 2 heterocycles. The largest absolute Gasteiger partial charge is 0.487 e. The molecular weight excluding hydrogens is 340 g/mol. The lowest BCUT2D eigenvalue weighted by Crippen LogP contribution is -2.45. The van der Waals surface area contributed by atoms with Crippen molar-refractivity contribution in [1.82, 2.24) is 20.2 Å². The van der Waals surface area contributed by atoms with Gasteiger partial charge >= 0.3 is 6.55 Å². The predicted molar refractivity (Wildman–Crippen MR) is 95.3 cm³/mol. The van der Waals surface area contributed by atoms with Gasteiger partial charge in [-0.25, -0.2) is 4.98 Å². The molecule has 1 aliphatic rings. The number of para-hydroxylation sites is 1. The van der Waals surface area contributed by atoms with Crippen LogP contribution in [-0.2, 0) is 6.54 Å². The summed E-state index contributed by atoms with van der Waals surface area (Å²) in [4.78, 5) is 8.17. The summed E-state index contributed by atoms with van der Waals surface area (Å²) in [5.41, 5.74) is 0.723. The average molecular weight is 363 g/mol. The SMILES string of the molecule is CN=C(NCc1nccn1C(F)F)NC1CC(C)(C)Oc2ccccc21. The van der Waals surface area contributed by atoms with Crippen molar-refractivity contribution in [3.05, 3.63) is 48.0 Å². The third-order valence-electron chi connectivity index (χ3n) is 4.28. The molecule has 0 aliphatic carbocycles. The van der Waals surface area contributed by atoms with Crippen molar-refractivity contribution in [1.29, 1.82) is 0 Å². The van der Waals surface area contributed by atoms with Gasteiger partial charge in [0, 0.05) is 31.4 Å². The quantitative estimate of drug-likeness (QED) is 0.647. The fourth-order valence-electron chi connectivity index (χ4n) is 3.11. The number of rotatable bonds is 4. The molecule has 8 heteroatoms. The van der Waals surface area contributed by atoms with E-state index in [4.69, 9.17) is 4.74 Å². The van der Waals surface area contributed by atoms with Crippen molar-refractivity contribution in [2.24, 2.45) is 4.99 Å². The summed E-state index contributed by atoms with van der Waals surface area (Å²) in [5, 5.41) is 6.42. The molecule has 2 N–H and O–H groups in total. The number of imidazole rings is 1. The van der Waals surface area contributed by atoms with E-state index < -0.39 is 6.55 Å². The van der Waals surface area contributed by atoms with Crippen LogP contribution in [0.1, 0.15) is 44.2 Å². The second-order valence-corrected chi connectivity index (χ2v) is 6.75. The Morgan fingerprint density at radius 1 is 1.42 bits per heavy atom. The Bertz CT molecular complexity index is 787. The second kappa shape index (κ2) is 7.31. The van der Waals surface area contributed by atoms with E-state index in [1.54, 1.807) is 7.05 Å². The van der Waals surface area contributed by atoms with Crippen molar-refractivity contribution in [2.75, 3.05) is 7.05 Å². The predicted octanol–water partition coefficient (Wildman–Crippen LogP) is 3.25. The number of ether oxygens (including phenoxy) is 1. The molecular formula is C18H23F2N5O. The first-order valence-electron chi connectivity index (χ1n) is 8.44. The fourth-order valence-corrected chi connectivity index (χ4v) is 3.11. The van der Waals surface area contributed by atoms with Gasteiger partial charge in [0.05, 0.1) is 12.6 Å². The van der Waals surface area contributed by atoms with E-state index in [1.807, 2.05) is 38.1 Å². The second-order valence-electron chi connectivity index (χ2n) is 6.75. The van der Waals surface area contributed by atoms with E-state index in [0.717, 1.165) is 22.3 Å². The Kier molecular flexibility index (Phi) is 5.11. The maximum Gasteiger partial charge on any atom is 0.319 e. The molecule has 1 aromatic heterocycles. The molecule has 0 saturated heterocycles. The zero-order valence-corrected chi connectivity index (χ0v) is 15.0. The van der Waals surface area contributed by atoms with E-state index in [0.29, 0.717) is 5.96 Å². The van der Waals surface area contributed by atoms with Crippen LogP contribution in [0.25, 0.3) is 0 Å². The summed E-state index contributed by atoms with van der Waals surface area (Å²) >= 11 is 0. The van der Waals surface area contributed by atoms with Crippen LogP contribution in [0, 0.1) is 0 Å². The van der Waals surface area contributed by atoms with Crippen LogP contribution >= 0.6 is 0 Å². The van der Waals surface area contributed by atoms with Gasteiger partial charge in [0.2, 0.25) is 0 Å². The third-order valence-corrected chi connectivity index (χ3v) is 4.28. The molecule has 1 aliphatic heterocycles. The fraction of sp³-hybridized carbons (Fsp3) is 0.444. The molecule has 0 spiro atoms. The molecule has 0 radical (unpaired) electrons. The summed E-state index contributed by atoms with van der Waals surface area (Å²) in [7, 11) is 1.64. The molecule has 1 aromatic carbocycles. The molecule has 3 rings (SSSR count). The Morgan fingerprint density at radius 3 is 2.92 bits per heavy atom. The number of alkyl halides is 2. The van der Waals surface area contributed by atoms with Gasteiger partial charge in [-0.2, -0.15) is 8.78 Å². The normalized spacial score (nSPS) is 19.0. The molecule has 26 heavy (non-hydrogen) atoms. The minimum absolute atomic E-state index is 0.00371. The van der Waals surface area contributed by atoms with Crippen LogP contribution in [0.4, 0.5) is 8.78 Å². The topological polar surface area (TPSA) is 63.5 Å². The number of hydrogen-bond acceptors (Lipinski definition) is 3. The van der Waals surface area contributed by atoms with E-state index >= 15 is 0 Å². The van der Waals surface area contributed by atoms with Gasteiger partial charge in [0.25, 0.3) is 0 Å². The summed E-state index contributed by atoms with van der Waals surface area (Å²) < 4.78 is 32.7. The monoisotopic (exact) mass is 363 g/mol. The number of hydrogen-bond donors (Lipinski definition) is 2. The number of fused-ring (bicyclic) bond motifs is 1. The van der Waals surface area contributed by atoms with E-state index in [1.165, 1.54) is 12.4 Å². The highest BCUT2D eigenvalue weighted by Crippen LogP contribution is 2.39. The number of aliphatic imine (C=N–C) groups is 1. The highest BCUT2D eigenvalue weighted by atomic mass is 19.3. The van der Waals surface area contributed by atoms with Crippen molar-refractivity contribution < 1.29 is 13.5 Å². The van der Waals surface area contributed by atoms with E-state index in [-0.39, 0.29) is 24.0 Å². The lowest BCUT2D eigenvalue weighted by molar-refractivity contribution is 0.0664. The van der Waals surface area contributed by atoms with Crippen LogP contribution in [0.5, 0.6) is 5.75 Å². The molecule has 1 unspecified atom stereocenters. The third kappa shape index (κ3) is 3.95. The zero-order valence-electron chi connectivity index (χ0n) is 15.0. The van der Waals surface area contributed by atoms with Gasteiger partial charge < -0.3 is 15.4 Å². The van der Waals surface area contributed by atoms with Crippen LogP contribution < -0.4 is 15.4 Å². The highest BCUT2D eigenvalue weighted by Gasteiger charge is 2.34. The van der Waals surface area contributed by atoms with Crippen molar-refractivity contribution in [3.8, 4) is 5.75 Å². The minimum Gasteiger partial charge on any atom is -0.487 e. The molecule has 0 fully saturated rings. The number of halogens is 2. The van der Waals surface area contributed by atoms with Gasteiger partial charge in [-0.3, -0.25) is 9.56 Å². The zero-order chi connectivity index (χ0) is 18.7. The lowest BCUT2D eigenvalue weighted by Gasteiger charge is -2.38. The van der Waals surface area contributed by atoms with E-state index in [2.05, 4.69) is 20.6 Å². The van der Waals surface area contributed by atoms with Crippen molar-refractivity contribution in [2.45, 2.75) is 45.0 Å². The molecule has 0 amide bonds. The Labute approximate surface area is 151 Å². The summed E-state index contributed by atoms with van der Waals surface area (Å²) in [6.07, 6.45) is 3.36. The van der Waals surface area contributed by atoms with Crippen LogP contribution in [0.2, 0.25) is 0 Å². The first-order valence-corrected chi connectivity index (χ1v) is 8.44. The number of nitrogens with one attached hydrogen (secondary N) is 2. The highest BCUT2D eigenvalue weighted by molar-refractivity contribution is 5.80. The smallest absolute Gasteiger partial charge is 0.319 e. The molecule has 0 bridgehead atoms. The summed E-state index contributed by atoms with van der Waals surface area (Å²) in [6, 6.07) is 7.86. The molecule has 6 nitrogen and oxygen atoms in total.